The van der Waals surface area contributed by atoms with E-state index in [0.29, 0.717) is 6.54 Å². The van der Waals surface area contributed by atoms with Gasteiger partial charge in [0.2, 0.25) is 0 Å². The molecular weight excluding hydrogens is 158 g/mol. The van der Waals surface area contributed by atoms with Crippen LogP contribution in [0.4, 0.5) is 4.79 Å². The van der Waals surface area contributed by atoms with Crippen LogP contribution in [0.1, 0.15) is 27.2 Å². The van der Waals surface area contributed by atoms with Crippen molar-refractivity contribution >= 4 is 6.09 Å². The van der Waals surface area contributed by atoms with Crippen LogP contribution in [0.5, 0.6) is 0 Å². The zero-order chi connectivity index (χ0) is 9.35. The van der Waals surface area contributed by atoms with Crippen LogP contribution < -0.4 is 0 Å². The van der Waals surface area contributed by atoms with Crippen LogP contribution in [0.15, 0.2) is 0 Å². The topological polar surface area (TPSA) is 49.8 Å². The Morgan fingerprint density at radius 3 is 2.42 bits per heavy atom. The van der Waals surface area contributed by atoms with E-state index in [2.05, 4.69) is 0 Å². The molecule has 4 nitrogen and oxygen atoms in total. The Bertz CT molecular complexity index is 185. The number of carboxylic acid groups (broad SMARTS) is 1. The normalized spacial score (nSPS) is 23.6. The summed E-state index contributed by atoms with van der Waals surface area (Å²) in [5, 5.41) is 8.65. The van der Waals surface area contributed by atoms with E-state index in [1.165, 1.54) is 4.90 Å². The summed E-state index contributed by atoms with van der Waals surface area (Å²) in [7, 11) is 0. The number of rotatable bonds is 1. The van der Waals surface area contributed by atoms with E-state index in [0.717, 1.165) is 6.42 Å². The summed E-state index contributed by atoms with van der Waals surface area (Å²) in [6.07, 6.45) is -0.318. The predicted molar refractivity (Wildman–Crippen MR) is 44.0 cm³/mol. The Kier molecular flexibility index (Phi) is 2.28. The van der Waals surface area contributed by atoms with Gasteiger partial charge < -0.3 is 9.84 Å². The van der Waals surface area contributed by atoms with Crippen molar-refractivity contribution in [3.8, 4) is 0 Å². The molecule has 0 bridgehead atoms. The maximum atomic E-state index is 10.5. The molecule has 70 valence electrons. The molecule has 1 rings (SSSR count). The van der Waals surface area contributed by atoms with Gasteiger partial charge in [-0.05, 0) is 20.8 Å². The van der Waals surface area contributed by atoms with Crippen LogP contribution in [-0.4, -0.2) is 34.5 Å². The van der Waals surface area contributed by atoms with E-state index >= 15 is 0 Å². The van der Waals surface area contributed by atoms with Crippen molar-refractivity contribution in [3.63, 3.8) is 0 Å². The number of nitrogens with zero attached hydrogens (tertiary/aromatic N) is 1. The molecule has 0 aromatic carbocycles. The maximum Gasteiger partial charge on any atom is 0.409 e. The van der Waals surface area contributed by atoms with Gasteiger partial charge in [0.05, 0.1) is 5.60 Å². The summed E-state index contributed by atoms with van der Waals surface area (Å²) < 4.78 is 5.49. The lowest BCUT2D eigenvalue weighted by Gasteiger charge is -2.41. The zero-order valence-electron chi connectivity index (χ0n) is 7.70. The van der Waals surface area contributed by atoms with E-state index in [1.54, 1.807) is 0 Å². The second kappa shape index (κ2) is 2.94. The van der Waals surface area contributed by atoms with E-state index < -0.39 is 6.09 Å². The highest BCUT2D eigenvalue weighted by atomic mass is 16.5. The molecule has 0 spiro atoms. The molecule has 0 aliphatic carbocycles. The van der Waals surface area contributed by atoms with Gasteiger partial charge in [0.1, 0.15) is 6.23 Å². The maximum absolute atomic E-state index is 10.5. The number of hydrogen-bond donors (Lipinski definition) is 1. The fourth-order valence-corrected chi connectivity index (χ4v) is 1.11. The van der Waals surface area contributed by atoms with Crippen molar-refractivity contribution in [1.82, 2.24) is 4.90 Å². The summed E-state index contributed by atoms with van der Waals surface area (Å²) in [5.41, 5.74) is -0.265. The Labute approximate surface area is 72.1 Å². The third kappa shape index (κ3) is 2.11. The third-order valence-corrected chi connectivity index (χ3v) is 1.70. The fourth-order valence-electron chi connectivity index (χ4n) is 1.11. The van der Waals surface area contributed by atoms with Crippen molar-refractivity contribution in [2.24, 2.45) is 0 Å². The largest absolute Gasteiger partial charge is 0.465 e. The smallest absolute Gasteiger partial charge is 0.409 e. The Balaban J connectivity index is 2.40. The predicted octanol–water partition coefficient (Wildman–Crippen LogP) is 1.51. The van der Waals surface area contributed by atoms with Crippen LogP contribution in [0.2, 0.25) is 0 Å². The molecule has 0 radical (unpaired) electrons. The molecule has 0 aromatic rings. The minimum Gasteiger partial charge on any atom is -0.465 e. The highest BCUT2D eigenvalue weighted by Gasteiger charge is 2.35. The highest BCUT2D eigenvalue weighted by molar-refractivity contribution is 5.66. The molecule has 1 unspecified atom stereocenters. The van der Waals surface area contributed by atoms with Crippen molar-refractivity contribution in [1.29, 1.82) is 0 Å². The molecule has 0 aromatic heterocycles. The second-order valence-electron chi connectivity index (χ2n) is 3.95. The summed E-state index contributed by atoms with van der Waals surface area (Å²) in [4.78, 5) is 11.8. The van der Waals surface area contributed by atoms with Gasteiger partial charge in [0.15, 0.2) is 0 Å². The number of hydrogen-bond acceptors (Lipinski definition) is 2. The lowest BCUT2D eigenvalue weighted by Crippen LogP contribution is -2.54. The lowest BCUT2D eigenvalue weighted by atomic mass is 10.1. The fraction of sp³-hybridized carbons (Fsp3) is 0.875. The van der Waals surface area contributed by atoms with Gasteiger partial charge in [0.25, 0.3) is 0 Å². The summed E-state index contributed by atoms with van der Waals surface area (Å²) >= 11 is 0. The quantitative estimate of drug-likeness (QED) is 0.653. The number of ether oxygens (including phenoxy) is 1. The van der Waals surface area contributed by atoms with Crippen molar-refractivity contribution in [2.75, 3.05) is 6.54 Å². The van der Waals surface area contributed by atoms with Crippen LogP contribution in [-0.2, 0) is 4.74 Å². The van der Waals surface area contributed by atoms with E-state index in [4.69, 9.17) is 9.84 Å². The van der Waals surface area contributed by atoms with E-state index in [9.17, 15) is 4.79 Å². The first kappa shape index (κ1) is 9.32. The van der Waals surface area contributed by atoms with Crippen LogP contribution in [0.3, 0.4) is 0 Å². The van der Waals surface area contributed by atoms with Gasteiger partial charge in [-0.15, -0.1) is 0 Å². The van der Waals surface area contributed by atoms with Crippen LogP contribution >= 0.6 is 0 Å². The van der Waals surface area contributed by atoms with Gasteiger partial charge in [-0.1, -0.05) is 0 Å². The SMILES string of the molecule is CC(C)(C)OC1CCN1C(=O)O. The second-order valence-corrected chi connectivity index (χ2v) is 3.95. The molecule has 1 aliphatic rings. The summed E-state index contributed by atoms with van der Waals surface area (Å²) in [6, 6.07) is 0. The summed E-state index contributed by atoms with van der Waals surface area (Å²) in [5.74, 6) is 0. The first-order chi connectivity index (χ1) is 5.40. The Morgan fingerprint density at radius 1 is 1.58 bits per heavy atom. The molecule has 1 aliphatic heterocycles. The molecular formula is C8H15NO3. The molecule has 1 atom stereocenters. The summed E-state index contributed by atoms with van der Waals surface area (Å²) in [6.45, 7) is 6.36. The molecule has 1 amide bonds. The van der Waals surface area contributed by atoms with Crippen molar-refractivity contribution in [3.05, 3.63) is 0 Å². The molecule has 1 heterocycles. The molecule has 12 heavy (non-hydrogen) atoms. The molecule has 1 N–H and O–H groups in total. The standard InChI is InChI=1S/C8H15NO3/c1-8(2,3)12-6-4-5-9(6)7(10)11/h6H,4-5H2,1-3H3,(H,10,11). The van der Waals surface area contributed by atoms with E-state index in [1.807, 2.05) is 20.8 Å². The number of amides is 1. The average molecular weight is 173 g/mol. The first-order valence-corrected chi connectivity index (χ1v) is 4.07. The monoisotopic (exact) mass is 173 g/mol. The molecule has 4 heteroatoms. The van der Waals surface area contributed by atoms with Gasteiger partial charge in [-0.3, -0.25) is 4.90 Å². The minimum atomic E-state index is -0.893. The van der Waals surface area contributed by atoms with E-state index in [-0.39, 0.29) is 11.8 Å². The lowest BCUT2D eigenvalue weighted by molar-refractivity contribution is -0.164. The Morgan fingerprint density at radius 2 is 2.17 bits per heavy atom. The minimum absolute atomic E-state index is 0.234. The molecule has 1 fully saturated rings. The average Bonchev–Trinajstić information content (AvgIpc) is 1.77. The number of carbonyl (C=O) groups is 1. The molecule has 1 saturated heterocycles. The van der Waals surface area contributed by atoms with Crippen molar-refractivity contribution < 1.29 is 14.6 Å². The van der Waals surface area contributed by atoms with Crippen LogP contribution in [0.25, 0.3) is 0 Å². The zero-order valence-corrected chi connectivity index (χ0v) is 7.70. The highest BCUT2D eigenvalue weighted by Crippen LogP contribution is 2.23. The number of likely N-dealkylation sites (tertiary alicyclic amines) is 1. The Hall–Kier alpha value is -0.770. The van der Waals surface area contributed by atoms with Gasteiger partial charge in [-0.2, -0.15) is 0 Å². The van der Waals surface area contributed by atoms with Gasteiger partial charge >= 0.3 is 6.09 Å². The van der Waals surface area contributed by atoms with Crippen LogP contribution in [0, 0.1) is 0 Å². The molecule has 0 saturated carbocycles. The third-order valence-electron chi connectivity index (χ3n) is 1.70. The van der Waals surface area contributed by atoms with Gasteiger partial charge in [0, 0.05) is 13.0 Å². The first-order valence-electron chi connectivity index (χ1n) is 4.07. The van der Waals surface area contributed by atoms with Gasteiger partial charge in [-0.25, -0.2) is 4.79 Å². The van der Waals surface area contributed by atoms with Crippen molar-refractivity contribution in [2.45, 2.75) is 39.0 Å².